The van der Waals surface area contributed by atoms with Gasteiger partial charge in [-0.25, -0.2) is 13.1 Å². The molecule has 1 saturated carbocycles. The number of fused-ring (bicyclic) bond motifs is 1. The zero-order valence-electron chi connectivity index (χ0n) is 16.4. The summed E-state index contributed by atoms with van der Waals surface area (Å²) in [7, 11) is -2.19. The molecule has 0 atom stereocenters. The fourth-order valence-electron chi connectivity index (χ4n) is 3.03. The van der Waals surface area contributed by atoms with Crippen LogP contribution < -0.4 is 19.5 Å². The maximum Gasteiger partial charge on any atom is 0.262 e. The number of sulfonamides is 1. The fraction of sp³-hybridized carbons (Fsp3) is 0.227. The summed E-state index contributed by atoms with van der Waals surface area (Å²) < 4.78 is 38.4. The lowest BCUT2D eigenvalue weighted by Crippen LogP contribution is -2.26. The molecule has 0 radical (unpaired) electrons. The van der Waals surface area contributed by atoms with Gasteiger partial charge in [0.15, 0.2) is 6.61 Å². The highest BCUT2D eigenvalue weighted by molar-refractivity contribution is 7.89. The van der Waals surface area contributed by atoms with Crippen LogP contribution >= 0.6 is 0 Å². The molecule has 1 fully saturated rings. The number of carbonyl (C=O) groups excluding carboxylic acids is 1. The van der Waals surface area contributed by atoms with E-state index in [0.717, 1.165) is 23.6 Å². The van der Waals surface area contributed by atoms with Gasteiger partial charge < -0.3 is 14.8 Å². The van der Waals surface area contributed by atoms with Crippen molar-refractivity contribution in [2.75, 3.05) is 19.0 Å². The van der Waals surface area contributed by atoms with Crippen LogP contribution in [0.5, 0.6) is 11.5 Å². The Morgan fingerprint density at radius 1 is 1.03 bits per heavy atom. The van der Waals surface area contributed by atoms with Crippen LogP contribution in [0, 0.1) is 0 Å². The molecule has 30 heavy (non-hydrogen) atoms. The van der Waals surface area contributed by atoms with Crippen LogP contribution in [0.1, 0.15) is 12.8 Å². The molecule has 0 saturated heterocycles. The quantitative estimate of drug-likeness (QED) is 0.576. The van der Waals surface area contributed by atoms with E-state index in [2.05, 4.69) is 10.0 Å². The van der Waals surface area contributed by atoms with Gasteiger partial charge in [0.25, 0.3) is 5.91 Å². The molecule has 2 N–H and O–H groups in total. The van der Waals surface area contributed by atoms with Crippen LogP contribution in [-0.4, -0.2) is 34.1 Å². The number of amides is 1. The molecule has 0 spiro atoms. The summed E-state index contributed by atoms with van der Waals surface area (Å²) in [6, 6.07) is 17.8. The molecule has 7 nitrogen and oxygen atoms in total. The minimum atomic E-state index is -3.64. The number of hydrogen-bond acceptors (Lipinski definition) is 5. The summed E-state index contributed by atoms with van der Waals surface area (Å²) >= 11 is 0. The van der Waals surface area contributed by atoms with Crippen molar-refractivity contribution in [3.05, 3.63) is 60.7 Å². The third kappa shape index (κ3) is 4.72. The minimum absolute atomic E-state index is 0.00880. The Kier molecular flexibility index (Phi) is 5.61. The third-order valence-electron chi connectivity index (χ3n) is 4.75. The molecule has 0 aromatic heterocycles. The third-order valence-corrected chi connectivity index (χ3v) is 6.26. The Bertz CT molecular complexity index is 1190. The highest BCUT2D eigenvalue weighted by Gasteiger charge is 2.28. The number of nitrogens with one attached hydrogen (secondary N) is 2. The van der Waals surface area contributed by atoms with E-state index in [0.29, 0.717) is 11.5 Å². The smallest absolute Gasteiger partial charge is 0.262 e. The number of methoxy groups -OCH3 is 1. The molecule has 0 aliphatic heterocycles. The van der Waals surface area contributed by atoms with Gasteiger partial charge in [-0.3, -0.25) is 4.79 Å². The van der Waals surface area contributed by atoms with Crippen molar-refractivity contribution in [1.82, 2.24) is 4.72 Å². The van der Waals surface area contributed by atoms with Crippen LogP contribution in [0.4, 0.5) is 5.69 Å². The molecule has 3 aromatic carbocycles. The molecule has 1 aliphatic carbocycles. The van der Waals surface area contributed by atoms with Crippen molar-refractivity contribution < 1.29 is 22.7 Å². The van der Waals surface area contributed by atoms with Crippen molar-refractivity contribution in [1.29, 1.82) is 0 Å². The molecule has 1 aliphatic rings. The summed E-state index contributed by atoms with van der Waals surface area (Å²) in [5, 5.41) is 4.76. The van der Waals surface area contributed by atoms with Crippen molar-refractivity contribution >= 4 is 32.4 Å². The van der Waals surface area contributed by atoms with Gasteiger partial charge in [-0.15, -0.1) is 0 Å². The van der Waals surface area contributed by atoms with E-state index in [4.69, 9.17) is 9.47 Å². The fourth-order valence-corrected chi connectivity index (χ4v) is 4.36. The number of rotatable bonds is 8. The molecule has 3 aromatic rings. The van der Waals surface area contributed by atoms with E-state index in [1.165, 1.54) is 25.3 Å². The normalized spacial score (nSPS) is 13.8. The maximum atomic E-state index is 12.4. The second kappa shape index (κ2) is 8.33. The first-order chi connectivity index (χ1) is 14.4. The number of hydrogen-bond donors (Lipinski definition) is 2. The van der Waals surface area contributed by atoms with Crippen molar-refractivity contribution in [3.63, 3.8) is 0 Å². The Balaban J connectivity index is 1.45. The van der Waals surface area contributed by atoms with Crippen LogP contribution in [0.2, 0.25) is 0 Å². The number of anilines is 1. The topological polar surface area (TPSA) is 93.7 Å². The Morgan fingerprint density at radius 2 is 1.80 bits per heavy atom. The lowest BCUT2D eigenvalue weighted by molar-refractivity contribution is -0.118. The van der Waals surface area contributed by atoms with Gasteiger partial charge in [0.1, 0.15) is 11.5 Å². The summed E-state index contributed by atoms with van der Waals surface area (Å²) in [5.74, 6) is 0.506. The minimum Gasteiger partial charge on any atom is -0.495 e. The van der Waals surface area contributed by atoms with E-state index < -0.39 is 15.9 Å². The van der Waals surface area contributed by atoms with Gasteiger partial charge in [0, 0.05) is 6.04 Å². The summed E-state index contributed by atoms with van der Waals surface area (Å²) in [4.78, 5) is 12.5. The average molecular weight is 426 g/mol. The molecule has 156 valence electrons. The second-order valence-corrected chi connectivity index (χ2v) is 8.82. The number of benzene rings is 3. The van der Waals surface area contributed by atoms with Gasteiger partial charge in [-0.05, 0) is 53.9 Å². The highest BCUT2D eigenvalue weighted by atomic mass is 32.2. The summed E-state index contributed by atoms with van der Waals surface area (Å²) in [6.07, 6.45) is 1.68. The zero-order valence-corrected chi connectivity index (χ0v) is 17.2. The predicted molar refractivity (Wildman–Crippen MR) is 114 cm³/mol. The summed E-state index contributed by atoms with van der Waals surface area (Å²) in [6.45, 7) is -0.223. The Hall–Kier alpha value is -3.10. The first kappa shape index (κ1) is 20.2. The Morgan fingerprint density at radius 3 is 2.53 bits per heavy atom. The van der Waals surface area contributed by atoms with Crippen LogP contribution in [0.15, 0.2) is 65.6 Å². The van der Waals surface area contributed by atoms with E-state index >= 15 is 0 Å². The Labute approximate surface area is 175 Å². The molecule has 4 rings (SSSR count). The molecule has 8 heteroatoms. The molecular formula is C22H22N2O5S. The second-order valence-electron chi connectivity index (χ2n) is 7.10. The molecule has 0 unspecified atom stereocenters. The standard InChI is InChI=1S/C22H22N2O5S/c1-28-21-11-10-19(30(26,27)24-17-7-8-17)13-20(21)23-22(25)14-29-18-9-6-15-4-2-3-5-16(15)12-18/h2-6,9-13,17,24H,7-8,14H2,1H3,(H,23,25). The monoisotopic (exact) mass is 426 g/mol. The van der Waals surface area contributed by atoms with Crippen molar-refractivity contribution in [2.45, 2.75) is 23.8 Å². The highest BCUT2D eigenvalue weighted by Crippen LogP contribution is 2.29. The van der Waals surface area contributed by atoms with Crippen molar-refractivity contribution in [3.8, 4) is 11.5 Å². The van der Waals surface area contributed by atoms with Gasteiger partial charge >= 0.3 is 0 Å². The molecular weight excluding hydrogens is 404 g/mol. The van der Waals surface area contributed by atoms with Crippen molar-refractivity contribution in [2.24, 2.45) is 0 Å². The molecule has 0 bridgehead atoms. The molecule has 1 amide bonds. The lowest BCUT2D eigenvalue weighted by Gasteiger charge is -2.13. The van der Waals surface area contributed by atoms with E-state index in [1.54, 1.807) is 6.07 Å². The largest absolute Gasteiger partial charge is 0.495 e. The molecule has 0 heterocycles. The van der Waals surface area contributed by atoms with E-state index in [1.807, 2.05) is 36.4 Å². The number of ether oxygens (including phenoxy) is 2. The number of carbonyl (C=O) groups is 1. The van der Waals surface area contributed by atoms with Gasteiger partial charge in [0.05, 0.1) is 17.7 Å². The van der Waals surface area contributed by atoms with Gasteiger partial charge in [-0.2, -0.15) is 0 Å². The summed E-state index contributed by atoms with van der Waals surface area (Å²) in [5.41, 5.74) is 0.267. The predicted octanol–water partition coefficient (Wildman–Crippen LogP) is 3.31. The van der Waals surface area contributed by atoms with E-state index in [-0.39, 0.29) is 23.2 Å². The van der Waals surface area contributed by atoms with Crippen LogP contribution in [0.25, 0.3) is 10.8 Å². The SMILES string of the molecule is COc1ccc(S(=O)(=O)NC2CC2)cc1NC(=O)COc1ccc2ccccc2c1. The zero-order chi connectivity index (χ0) is 21.1. The van der Waals surface area contributed by atoms with Crippen LogP contribution in [-0.2, 0) is 14.8 Å². The van der Waals surface area contributed by atoms with Gasteiger partial charge in [-0.1, -0.05) is 30.3 Å². The average Bonchev–Trinajstić information content (AvgIpc) is 3.55. The van der Waals surface area contributed by atoms with E-state index in [9.17, 15) is 13.2 Å². The first-order valence-electron chi connectivity index (χ1n) is 9.56. The maximum absolute atomic E-state index is 12.4. The van der Waals surface area contributed by atoms with Gasteiger partial charge in [0.2, 0.25) is 10.0 Å². The lowest BCUT2D eigenvalue weighted by atomic mass is 10.1. The van der Waals surface area contributed by atoms with Crippen LogP contribution in [0.3, 0.4) is 0 Å². The first-order valence-corrected chi connectivity index (χ1v) is 11.0.